The second-order valence-corrected chi connectivity index (χ2v) is 10.1. The van der Waals surface area contributed by atoms with Crippen LogP contribution < -0.4 is 0 Å². The van der Waals surface area contributed by atoms with Crippen molar-refractivity contribution in [2.45, 2.75) is 32.6 Å². The molecule has 0 saturated carbocycles. The maximum atomic E-state index is 11.1. The summed E-state index contributed by atoms with van der Waals surface area (Å²) in [4.78, 5) is 24.3. The van der Waals surface area contributed by atoms with E-state index in [-0.39, 0.29) is 5.97 Å². The maximum absolute atomic E-state index is 11.1. The number of aromatic nitrogens is 1. The summed E-state index contributed by atoms with van der Waals surface area (Å²) in [5.74, 6) is 0.484. The number of methoxy groups -OCH3 is 1. The molecule has 0 radical (unpaired) electrons. The standard InChI is InChI=1S/C19H14Cl2N2O.C9H17NO2/c1-11-5-12(9-22)6-18-15(11)7-14(23(18)2)8-16-17(20)4-3-13(10-24)19(16)21;1-10-5-3-8(4-6-10)7-9(11)12-2/h3-7,10H,8H2,1-2H3;8H,3-7H2,1-2H3. The summed E-state index contributed by atoms with van der Waals surface area (Å²) in [5, 5.41) is 11.2. The van der Waals surface area contributed by atoms with Gasteiger partial charge in [0.2, 0.25) is 0 Å². The molecular weight excluding hydrogens is 497 g/mol. The second-order valence-electron chi connectivity index (χ2n) is 9.28. The van der Waals surface area contributed by atoms with Gasteiger partial charge in [-0.25, -0.2) is 0 Å². The van der Waals surface area contributed by atoms with Crippen molar-refractivity contribution >= 4 is 46.4 Å². The number of carbonyl (C=O) groups is 2. The van der Waals surface area contributed by atoms with Crippen LogP contribution in [0.25, 0.3) is 10.9 Å². The minimum absolute atomic E-state index is 0.0652. The highest BCUT2D eigenvalue weighted by Gasteiger charge is 2.19. The van der Waals surface area contributed by atoms with E-state index in [1.807, 2.05) is 30.7 Å². The van der Waals surface area contributed by atoms with Crippen molar-refractivity contribution in [2.24, 2.45) is 13.0 Å². The summed E-state index contributed by atoms with van der Waals surface area (Å²) in [7, 11) is 5.52. The number of hydrogen-bond donors (Lipinski definition) is 0. The van der Waals surface area contributed by atoms with Gasteiger partial charge in [0.25, 0.3) is 0 Å². The fraction of sp³-hybridized carbons (Fsp3) is 0.393. The first-order chi connectivity index (χ1) is 17.2. The zero-order valence-corrected chi connectivity index (χ0v) is 22.6. The molecule has 2 heterocycles. The Morgan fingerprint density at radius 2 is 1.89 bits per heavy atom. The number of nitrogens with zero attached hydrogens (tertiary/aromatic N) is 3. The van der Waals surface area contributed by atoms with Crippen molar-refractivity contribution in [2.75, 3.05) is 27.2 Å². The molecule has 0 amide bonds. The summed E-state index contributed by atoms with van der Waals surface area (Å²) < 4.78 is 6.66. The fourth-order valence-corrected chi connectivity index (χ4v) is 5.08. The van der Waals surface area contributed by atoms with Crippen molar-refractivity contribution in [1.29, 1.82) is 5.26 Å². The number of halogens is 2. The average Bonchev–Trinajstić information content (AvgIpc) is 3.19. The summed E-state index contributed by atoms with van der Waals surface area (Å²) in [5.41, 5.74) is 4.83. The Bertz CT molecular complexity index is 1300. The normalized spacial score (nSPS) is 14.1. The Balaban J connectivity index is 0.000000253. The average molecular weight is 528 g/mol. The lowest BCUT2D eigenvalue weighted by Crippen LogP contribution is -2.31. The number of aryl methyl sites for hydroxylation is 2. The van der Waals surface area contributed by atoms with Crippen LogP contribution in [0.2, 0.25) is 10.0 Å². The molecule has 0 aliphatic carbocycles. The van der Waals surface area contributed by atoms with E-state index < -0.39 is 0 Å². The third-order valence-corrected chi connectivity index (χ3v) is 7.62. The molecule has 3 aromatic rings. The Kier molecular flexibility index (Phi) is 9.56. The number of likely N-dealkylation sites (tertiary alicyclic amines) is 1. The lowest BCUT2D eigenvalue weighted by molar-refractivity contribution is -0.142. The molecule has 0 spiro atoms. The van der Waals surface area contributed by atoms with Crippen LogP contribution in [-0.4, -0.2) is 49.0 Å². The van der Waals surface area contributed by atoms with E-state index in [1.54, 1.807) is 12.1 Å². The van der Waals surface area contributed by atoms with E-state index in [0.717, 1.165) is 59.9 Å². The molecule has 1 fully saturated rings. The second kappa shape index (κ2) is 12.4. The smallest absolute Gasteiger partial charge is 0.305 e. The number of ether oxygens (including phenoxy) is 1. The number of piperidine rings is 1. The monoisotopic (exact) mass is 527 g/mol. The Hall–Kier alpha value is -2.85. The van der Waals surface area contributed by atoms with E-state index in [1.165, 1.54) is 7.11 Å². The Morgan fingerprint density at radius 1 is 1.19 bits per heavy atom. The largest absolute Gasteiger partial charge is 0.469 e. The molecule has 0 atom stereocenters. The van der Waals surface area contributed by atoms with E-state index in [9.17, 15) is 9.59 Å². The van der Waals surface area contributed by atoms with Gasteiger partial charge in [-0.2, -0.15) is 5.26 Å². The van der Waals surface area contributed by atoms with Crippen molar-refractivity contribution in [1.82, 2.24) is 9.47 Å². The number of aldehydes is 1. The van der Waals surface area contributed by atoms with Crippen molar-refractivity contribution in [3.63, 3.8) is 0 Å². The van der Waals surface area contributed by atoms with Gasteiger partial charge < -0.3 is 14.2 Å². The molecule has 0 unspecified atom stereocenters. The van der Waals surface area contributed by atoms with Crippen LogP contribution in [0.3, 0.4) is 0 Å². The van der Waals surface area contributed by atoms with E-state index in [4.69, 9.17) is 28.5 Å². The van der Waals surface area contributed by atoms with Crippen molar-refractivity contribution in [3.8, 4) is 6.07 Å². The number of nitriles is 1. The van der Waals surface area contributed by atoms with Gasteiger partial charge in [0.15, 0.2) is 6.29 Å². The van der Waals surface area contributed by atoms with Crippen LogP contribution in [0.1, 0.15) is 52.0 Å². The number of hydrogen-bond acceptors (Lipinski definition) is 5. The lowest BCUT2D eigenvalue weighted by Gasteiger charge is -2.28. The zero-order chi connectivity index (χ0) is 26.4. The third-order valence-electron chi connectivity index (χ3n) is 6.82. The van der Waals surface area contributed by atoms with Gasteiger partial charge >= 0.3 is 5.97 Å². The minimum atomic E-state index is -0.0652. The molecule has 6 nitrogen and oxygen atoms in total. The molecule has 1 aliphatic rings. The summed E-state index contributed by atoms with van der Waals surface area (Å²) in [6, 6.07) is 11.3. The SMILES string of the molecule is COC(=O)CC1CCN(C)CC1.Cc1cc(C#N)cc2c1cc(Cc1c(Cl)ccc(C=O)c1Cl)n2C. The van der Waals surface area contributed by atoms with Gasteiger partial charge in [0.05, 0.1) is 23.8 Å². The fourth-order valence-electron chi connectivity index (χ4n) is 4.53. The number of esters is 1. The number of fused-ring (bicyclic) bond motifs is 1. The van der Waals surface area contributed by atoms with Crippen LogP contribution in [0.4, 0.5) is 0 Å². The van der Waals surface area contributed by atoms with Crippen LogP contribution in [0, 0.1) is 24.2 Å². The van der Waals surface area contributed by atoms with Gasteiger partial charge in [-0.15, -0.1) is 0 Å². The molecule has 190 valence electrons. The molecule has 4 rings (SSSR count). The predicted molar refractivity (Wildman–Crippen MR) is 144 cm³/mol. The van der Waals surface area contributed by atoms with Crippen molar-refractivity contribution in [3.05, 3.63) is 68.3 Å². The zero-order valence-electron chi connectivity index (χ0n) is 21.1. The van der Waals surface area contributed by atoms with Gasteiger partial charge in [0, 0.05) is 47.1 Å². The van der Waals surface area contributed by atoms with E-state index in [0.29, 0.717) is 39.9 Å². The highest BCUT2D eigenvalue weighted by molar-refractivity contribution is 6.37. The topological polar surface area (TPSA) is 75.3 Å². The highest BCUT2D eigenvalue weighted by Crippen LogP contribution is 2.32. The van der Waals surface area contributed by atoms with Crippen LogP contribution in [-0.2, 0) is 23.0 Å². The number of benzene rings is 2. The first-order valence-corrected chi connectivity index (χ1v) is 12.6. The summed E-state index contributed by atoms with van der Waals surface area (Å²) in [6.07, 6.45) is 4.10. The highest BCUT2D eigenvalue weighted by atomic mass is 35.5. The third kappa shape index (κ3) is 6.47. The summed E-state index contributed by atoms with van der Waals surface area (Å²) in [6.45, 7) is 4.21. The van der Waals surface area contributed by atoms with Crippen LogP contribution >= 0.6 is 23.2 Å². The molecule has 1 aliphatic heterocycles. The molecule has 0 bridgehead atoms. The van der Waals surface area contributed by atoms with Gasteiger partial charge in [-0.1, -0.05) is 23.2 Å². The van der Waals surface area contributed by atoms with Gasteiger partial charge in [-0.3, -0.25) is 9.59 Å². The molecule has 0 N–H and O–H groups in total. The molecule has 1 aromatic heterocycles. The Labute approximate surface area is 222 Å². The predicted octanol–water partition coefficient (Wildman–Crippen LogP) is 5.96. The lowest BCUT2D eigenvalue weighted by atomic mass is 9.94. The quantitative estimate of drug-likeness (QED) is 0.302. The van der Waals surface area contributed by atoms with E-state index >= 15 is 0 Å². The number of carbonyl (C=O) groups excluding carboxylic acids is 2. The van der Waals surface area contributed by atoms with Crippen LogP contribution in [0.15, 0.2) is 30.3 Å². The molecule has 8 heteroatoms. The Morgan fingerprint density at radius 3 is 2.50 bits per heavy atom. The molecular formula is C28H31Cl2N3O3. The first kappa shape index (κ1) is 27.7. The van der Waals surface area contributed by atoms with Crippen molar-refractivity contribution < 1.29 is 14.3 Å². The van der Waals surface area contributed by atoms with Gasteiger partial charge in [0.1, 0.15) is 0 Å². The molecule has 36 heavy (non-hydrogen) atoms. The first-order valence-electron chi connectivity index (χ1n) is 11.8. The molecule has 1 saturated heterocycles. The molecule has 2 aromatic carbocycles. The number of rotatable bonds is 5. The van der Waals surface area contributed by atoms with Gasteiger partial charge in [-0.05, 0) is 87.3 Å². The van der Waals surface area contributed by atoms with E-state index in [2.05, 4.69) is 28.8 Å². The van der Waals surface area contributed by atoms with Crippen LogP contribution in [0.5, 0.6) is 0 Å². The minimum Gasteiger partial charge on any atom is -0.469 e. The summed E-state index contributed by atoms with van der Waals surface area (Å²) >= 11 is 12.6. The maximum Gasteiger partial charge on any atom is 0.305 e.